The van der Waals surface area contributed by atoms with Crippen molar-refractivity contribution in [1.29, 1.82) is 0 Å². The van der Waals surface area contributed by atoms with E-state index in [9.17, 15) is 0 Å². The average molecular weight is 275 g/mol. The lowest BCUT2D eigenvalue weighted by Crippen LogP contribution is -2.36. The fourth-order valence-corrected chi connectivity index (χ4v) is 3.77. The number of rotatable bonds is 10. The minimum absolute atomic E-state index is 0.0359. The minimum Gasteiger partial charge on any atom is -0.353 e. The molecular weight excluding hydrogens is 246 g/mol. The van der Waals surface area contributed by atoms with E-state index in [4.69, 9.17) is 9.47 Å². The lowest BCUT2D eigenvalue weighted by atomic mass is 10.2. The Labute approximate surface area is 116 Å². The summed E-state index contributed by atoms with van der Waals surface area (Å²) in [7, 11) is 0. The van der Waals surface area contributed by atoms with Gasteiger partial charge in [0, 0.05) is 37.5 Å². The van der Waals surface area contributed by atoms with E-state index >= 15 is 0 Å². The topological polar surface area (TPSA) is 30.5 Å². The summed E-state index contributed by atoms with van der Waals surface area (Å²) in [5, 5.41) is 4.50. The van der Waals surface area contributed by atoms with Gasteiger partial charge in [-0.15, -0.1) is 0 Å². The smallest absolute Gasteiger partial charge is 0.158 e. The first-order valence-electron chi connectivity index (χ1n) is 7.39. The van der Waals surface area contributed by atoms with E-state index in [1.54, 1.807) is 0 Å². The van der Waals surface area contributed by atoms with Crippen LogP contribution in [0.5, 0.6) is 0 Å². The van der Waals surface area contributed by atoms with Crippen LogP contribution in [0.4, 0.5) is 0 Å². The van der Waals surface area contributed by atoms with E-state index in [-0.39, 0.29) is 6.29 Å². The first-order valence-corrected chi connectivity index (χ1v) is 8.44. The van der Waals surface area contributed by atoms with Gasteiger partial charge in [0.15, 0.2) is 6.29 Å². The zero-order valence-electron chi connectivity index (χ0n) is 12.1. The van der Waals surface area contributed by atoms with Gasteiger partial charge in [-0.2, -0.15) is 11.8 Å². The van der Waals surface area contributed by atoms with Gasteiger partial charge in [-0.3, -0.25) is 0 Å². The number of nitrogens with one attached hydrogen (secondary N) is 1. The van der Waals surface area contributed by atoms with Gasteiger partial charge in [0.2, 0.25) is 0 Å². The minimum atomic E-state index is -0.0359. The molecule has 108 valence electrons. The molecule has 2 atom stereocenters. The fraction of sp³-hybridized carbons (Fsp3) is 1.00. The van der Waals surface area contributed by atoms with Gasteiger partial charge in [-0.25, -0.2) is 0 Å². The zero-order valence-corrected chi connectivity index (χ0v) is 12.9. The molecule has 18 heavy (non-hydrogen) atoms. The van der Waals surface area contributed by atoms with E-state index in [2.05, 4.69) is 24.0 Å². The summed E-state index contributed by atoms with van der Waals surface area (Å²) in [5.74, 6) is 1.23. The van der Waals surface area contributed by atoms with E-state index < -0.39 is 0 Å². The van der Waals surface area contributed by atoms with Crippen molar-refractivity contribution in [1.82, 2.24) is 5.32 Å². The molecule has 1 aliphatic rings. The van der Waals surface area contributed by atoms with Crippen molar-refractivity contribution in [2.24, 2.45) is 0 Å². The molecule has 0 aromatic carbocycles. The first kappa shape index (κ1) is 16.3. The maximum Gasteiger partial charge on any atom is 0.158 e. The average Bonchev–Trinajstić information content (AvgIpc) is 2.78. The zero-order chi connectivity index (χ0) is 13.2. The molecule has 1 fully saturated rings. The Morgan fingerprint density at radius 3 is 2.50 bits per heavy atom. The highest BCUT2D eigenvalue weighted by atomic mass is 32.2. The Bertz CT molecular complexity index is 198. The SMILES string of the molecule is CCOC(CCNC1CCCC1SCC)OCC. The molecule has 1 rings (SSSR count). The van der Waals surface area contributed by atoms with Crippen LogP contribution < -0.4 is 5.32 Å². The summed E-state index contributed by atoms with van der Waals surface area (Å²) < 4.78 is 11.1. The van der Waals surface area contributed by atoms with Crippen LogP contribution in [0.1, 0.15) is 46.5 Å². The second-order valence-electron chi connectivity index (χ2n) is 4.61. The monoisotopic (exact) mass is 275 g/mol. The van der Waals surface area contributed by atoms with Crippen LogP contribution in [0.15, 0.2) is 0 Å². The molecule has 1 saturated carbocycles. The standard InChI is InChI=1S/C14H29NO2S/c1-4-16-14(17-5-2)10-11-15-12-8-7-9-13(12)18-6-3/h12-15H,4-11H2,1-3H3. The molecule has 0 amide bonds. The van der Waals surface area contributed by atoms with Gasteiger partial charge in [0.25, 0.3) is 0 Å². The molecule has 0 aliphatic heterocycles. The molecule has 1 aliphatic carbocycles. The van der Waals surface area contributed by atoms with Crippen LogP contribution in [0.25, 0.3) is 0 Å². The molecular formula is C14H29NO2S. The molecule has 0 heterocycles. The van der Waals surface area contributed by atoms with Crippen LogP contribution in [0.3, 0.4) is 0 Å². The normalized spacial score (nSPS) is 24.0. The van der Waals surface area contributed by atoms with Crippen molar-refractivity contribution in [3.8, 4) is 0 Å². The van der Waals surface area contributed by atoms with Crippen LogP contribution in [-0.4, -0.2) is 43.1 Å². The Morgan fingerprint density at radius 1 is 1.17 bits per heavy atom. The Kier molecular flexibility index (Phi) is 9.11. The third kappa shape index (κ3) is 5.91. The second-order valence-corrected chi connectivity index (χ2v) is 6.13. The van der Waals surface area contributed by atoms with Gasteiger partial charge in [-0.1, -0.05) is 13.3 Å². The maximum atomic E-state index is 5.55. The Balaban J connectivity index is 2.18. The molecule has 0 spiro atoms. The highest BCUT2D eigenvalue weighted by Gasteiger charge is 2.26. The van der Waals surface area contributed by atoms with Gasteiger partial charge >= 0.3 is 0 Å². The van der Waals surface area contributed by atoms with Gasteiger partial charge in [0.1, 0.15) is 0 Å². The van der Waals surface area contributed by atoms with Crippen molar-refractivity contribution in [2.75, 3.05) is 25.5 Å². The van der Waals surface area contributed by atoms with E-state index in [1.165, 1.54) is 25.0 Å². The molecule has 0 aromatic rings. The largest absolute Gasteiger partial charge is 0.353 e. The van der Waals surface area contributed by atoms with E-state index in [0.29, 0.717) is 6.04 Å². The number of hydrogen-bond donors (Lipinski definition) is 1. The van der Waals surface area contributed by atoms with Crippen molar-refractivity contribution in [3.63, 3.8) is 0 Å². The van der Waals surface area contributed by atoms with Gasteiger partial charge < -0.3 is 14.8 Å². The number of hydrogen-bond acceptors (Lipinski definition) is 4. The lowest BCUT2D eigenvalue weighted by Gasteiger charge is -2.22. The number of thioether (sulfide) groups is 1. The van der Waals surface area contributed by atoms with E-state index in [1.807, 2.05) is 13.8 Å². The summed E-state index contributed by atoms with van der Waals surface area (Å²) in [6.45, 7) is 8.73. The summed E-state index contributed by atoms with van der Waals surface area (Å²) in [4.78, 5) is 0. The highest BCUT2D eigenvalue weighted by molar-refractivity contribution is 7.99. The van der Waals surface area contributed by atoms with Crippen molar-refractivity contribution in [2.45, 2.75) is 64.0 Å². The Hall–Kier alpha value is 0.230. The van der Waals surface area contributed by atoms with Crippen LogP contribution in [-0.2, 0) is 9.47 Å². The molecule has 0 radical (unpaired) electrons. The van der Waals surface area contributed by atoms with Gasteiger partial charge in [0.05, 0.1) is 0 Å². The van der Waals surface area contributed by atoms with Crippen LogP contribution >= 0.6 is 11.8 Å². The molecule has 0 bridgehead atoms. The lowest BCUT2D eigenvalue weighted by molar-refractivity contribution is -0.138. The summed E-state index contributed by atoms with van der Waals surface area (Å²) in [5.41, 5.74) is 0. The first-order chi connectivity index (χ1) is 8.81. The third-order valence-electron chi connectivity index (χ3n) is 3.32. The molecule has 0 aromatic heterocycles. The highest BCUT2D eigenvalue weighted by Crippen LogP contribution is 2.29. The quantitative estimate of drug-likeness (QED) is 0.621. The third-order valence-corrected chi connectivity index (χ3v) is 4.65. The van der Waals surface area contributed by atoms with Crippen LogP contribution in [0, 0.1) is 0 Å². The van der Waals surface area contributed by atoms with E-state index in [0.717, 1.165) is 31.4 Å². The maximum absolute atomic E-state index is 5.55. The van der Waals surface area contributed by atoms with Crippen LogP contribution in [0.2, 0.25) is 0 Å². The molecule has 4 heteroatoms. The van der Waals surface area contributed by atoms with Crippen molar-refractivity contribution in [3.05, 3.63) is 0 Å². The number of ether oxygens (including phenoxy) is 2. The fourth-order valence-electron chi connectivity index (χ4n) is 2.55. The second kappa shape index (κ2) is 10.1. The Morgan fingerprint density at radius 2 is 1.89 bits per heavy atom. The predicted molar refractivity (Wildman–Crippen MR) is 79.2 cm³/mol. The summed E-state index contributed by atoms with van der Waals surface area (Å²) in [6, 6.07) is 0.693. The van der Waals surface area contributed by atoms with Crippen molar-refractivity contribution >= 4 is 11.8 Å². The predicted octanol–water partition coefficient (Wildman–Crippen LogP) is 3.04. The molecule has 1 N–H and O–H groups in total. The van der Waals surface area contributed by atoms with Crippen molar-refractivity contribution < 1.29 is 9.47 Å². The summed E-state index contributed by atoms with van der Waals surface area (Å²) in [6.07, 6.45) is 4.98. The summed E-state index contributed by atoms with van der Waals surface area (Å²) >= 11 is 2.10. The molecule has 3 nitrogen and oxygen atoms in total. The molecule has 0 saturated heterocycles. The molecule has 2 unspecified atom stereocenters. The van der Waals surface area contributed by atoms with Gasteiger partial charge in [-0.05, 0) is 32.4 Å².